The minimum atomic E-state index is -0.0927. The molecule has 110 valence electrons. The number of aromatic nitrogens is 1. The standard InChI is InChI=1S/C16H20N4O/c1-3-10-20(15-6-4-5-9-19-15)16(21)12-7-8-14(18-2)13(17)11-12/h4-9,11,18H,3,10,17H2,1-2H3. The van der Waals surface area contributed by atoms with Crippen LogP contribution in [-0.2, 0) is 0 Å². The van der Waals surface area contributed by atoms with E-state index in [1.54, 1.807) is 30.3 Å². The first-order chi connectivity index (χ1) is 10.2. The summed E-state index contributed by atoms with van der Waals surface area (Å²) in [5.41, 5.74) is 7.86. The molecule has 0 saturated heterocycles. The molecule has 0 aliphatic carbocycles. The van der Waals surface area contributed by atoms with Crippen molar-refractivity contribution in [2.75, 3.05) is 29.5 Å². The van der Waals surface area contributed by atoms with Crippen molar-refractivity contribution >= 4 is 23.1 Å². The van der Waals surface area contributed by atoms with Crippen molar-refractivity contribution in [3.05, 3.63) is 48.2 Å². The summed E-state index contributed by atoms with van der Waals surface area (Å²) in [4.78, 5) is 18.6. The molecule has 0 aliphatic heterocycles. The molecular weight excluding hydrogens is 264 g/mol. The molecule has 0 fully saturated rings. The number of nitrogens with zero attached hydrogens (tertiary/aromatic N) is 2. The normalized spacial score (nSPS) is 10.2. The predicted octanol–water partition coefficient (Wildman–Crippen LogP) is 2.76. The van der Waals surface area contributed by atoms with Crippen molar-refractivity contribution in [3.8, 4) is 0 Å². The van der Waals surface area contributed by atoms with Gasteiger partial charge in [-0.15, -0.1) is 0 Å². The molecule has 5 nitrogen and oxygen atoms in total. The highest BCUT2D eigenvalue weighted by Gasteiger charge is 2.18. The van der Waals surface area contributed by atoms with Gasteiger partial charge < -0.3 is 11.1 Å². The van der Waals surface area contributed by atoms with E-state index in [1.807, 2.05) is 31.2 Å². The van der Waals surface area contributed by atoms with Crippen molar-refractivity contribution in [2.24, 2.45) is 0 Å². The number of anilines is 3. The maximum Gasteiger partial charge on any atom is 0.259 e. The average molecular weight is 284 g/mol. The van der Waals surface area contributed by atoms with Crippen LogP contribution in [0.4, 0.5) is 17.2 Å². The molecule has 2 rings (SSSR count). The van der Waals surface area contributed by atoms with E-state index in [9.17, 15) is 4.79 Å². The molecular formula is C16H20N4O. The molecule has 1 aromatic carbocycles. The summed E-state index contributed by atoms with van der Waals surface area (Å²) in [6, 6.07) is 10.8. The quantitative estimate of drug-likeness (QED) is 0.828. The summed E-state index contributed by atoms with van der Waals surface area (Å²) in [6.45, 7) is 2.64. The van der Waals surface area contributed by atoms with Crippen LogP contribution in [0, 0.1) is 0 Å². The van der Waals surface area contributed by atoms with Gasteiger partial charge in [0.25, 0.3) is 5.91 Å². The zero-order chi connectivity index (χ0) is 15.2. The number of benzene rings is 1. The maximum atomic E-state index is 12.7. The van der Waals surface area contributed by atoms with Gasteiger partial charge in [0.05, 0.1) is 11.4 Å². The van der Waals surface area contributed by atoms with E-state index >= 15 is 0 Å². The zero-order valence-corrected chi connectivity index (χ0v) is 12.3. The Bertz CT molecular complexity index is 613. The number of amides is 1. The van der Waals surface area contributed by atoms with Crippen LogP contribution in [0.2, 0.25) is 0 Å². The predicted molar refractivity (Wildman–Crippen MR) is 86.6 cm³/mol. The van der Waals surface area contributed by atoms with E-state index in [0.717, 1.165) is 12.1 Å². The molecule has 0 bridgehead atoms. The highest BCUT2D eigenvalue weighted by molar-refractivity contribution is 6.06. The van der Waals surface area contributed by atoms with Crippen LogP contribution in [0.25, 0.3) is 0 Å². The first kappa shape index (κ1) is 14.8. The van der Waals surface area contributed by atoms with Crippen LogP contribution in [-0.4, -0.2) is 24.5 Å². The van der Waals surface area contributed by atoms with Crippen LogP contribution in [0.3, 0.4) is 0 Å². The molecule has 0 radical (unpaired) electrons. The molecule has 0 spiro atoms. The van der Waals surface area contributed by atoms with Gasteiger partial charge >= 0.3 is 0 Å². The molecule has 5 heteroatoms. The van der Waals surface area contributed by atoms with Gasteiger partial charge in [0.15, 0.2) is 0 Å². The number of carbonyl (C=O) groups is 1. The molecule has 0 saturated carbocycles. The van der Waals surface area contributed by atoms with E-state index in [1.165, 1.54) is 0 Å². The van der Waals surface area contributed by atoms with Gasteiger partial charge in [-0.2, -0.15) is 0 Å². The number of hydrogen-bond acceptors (Lipinski definition) is 4. The number of nitrogens with one attached hydrogen (secondary N) is 1. The number of rotatable bonds is 5. The van der Waals surface area contributed by atoms with Crippen molar-refractivity contribution in [2.45, 2.75) is 13.3 Å². The van der Waals surface area contributed by atoms with Crippen molar-refractivity contribution in [1.29, 1.82) is 0 Å². The third-order valence-electron chi connectivity index (χ3n) is 3.19. The van der Waals surface area contributed by atoms with Gasteiger partial charge in [0.2, 0.25) is 0 Å². The smallest absolute Gasteiger partial charge is 0.259 e. The van der Waals surface area contributed by atoms with Gasteiger partial charge in [-0.1, -0.05) is 13.0 Å². The fourth-order valence-corrected chi connectivity index (χ4v) is 2.14. The van der Waals surface area contributed by atoms with Crippen molar-refractivity contribution in [1.82, 2.24) is 4.98 Å². The maximum absolute atomic E-state index is 12.7. The van der Waals surface area contributed by atoms with Crippen LogP contribution in [0.5, 0.6) is 0 Å². The van der Waals surface area contributed by atoms with Crippen LogP contribution >= 0.6 is 0 Å². The minimum Gasteiger partial charge on any atom is -0.397 e. The highest BCUT2D eigenvalue weighted by Crippen LogP contribution is 2.21. The lowest BCUT2D eigenvalue weighted by molar-refractivity contribution is 0.0986. The second-order valence-corrected chi connectivity index (χ2v) is 4.70. The monoisotopic (exact) mass is 284 g/mol. The molecule has 0 aliphatic rings. The molecule has 1 amide bonds. The van der Waals surface area contributed by atoms with Gasteiger partial charge in [-0.05, 0) is 36.8 Å². The number of carbonyl (C=O) groups excluding carboxylic acids is 1. The summed E-state index contributed by atoms with van der Waals surface area (Å²) in [5.74, 6) is 0.561. The fourth-order valence-electron chi connectivity index (χ4n) is 2.14. The second kappa shape index (κ2) is 6.74. The van der Waals surface area contributed by atoms with E-state index in [2.05, 4.69) is 10.3 Å². The van der Waals surface area contributed by atoms with E-state index in [-0.39, 0.29) is 5.91 Å². The van der Waals surface area contributed by atoms with Gasteiger partial charge in [0.1, 0.15) is 5.82 Å². The first-order valence-corrected chi connectivity index (χ1v) is 6.97. The Morgan fingerprint density at radius 2 is 2.14 bits per heavy atom. The molecule has 0 unspecified atom stereocenters. The van der Waals surface area contributed by atoms with Gasteiger partial charge in [-0.25, -0.2) is 4.98 Å². The summed E-state index contributed by atoms with van der Waals surface area (Å²) in [5, 5.41) is 2.99. The van der Waals surface area contributed by atoms with Crippen molar-refractivity contribution < 1.29 is 4.79 Å². The summed E-state index contributed by atoms with van der Waals surface area (Å²) in [7, 11) is 1.80. The van der Waals surface area contributed by atoms with Gasteiger partial charge in [0, 0.05) is 25.4 Å². The Labute approximate surface area is 124 Å². The lowest BCUT2D eigenvalue weighted by Gasteiger charge is -2.21. The molecule has 21 heavy (non-hydrogen) atoms. The SMILES string of the molecule is CCCN(C(=O)c1ccc(NC)c(N)c1)c1ccccn1. The third kappa shape index (κ3) is 3.31. The van der Waals surface area contributed by atoms with E-state index in [0.29, 0.717) is 23.6 Å². The third-order valence-corrected chi connectivity index (χ3v) is 3.19. The topological polar surface area (TPSA) is 71.2 Å². The van der Waals surface area contributed by atoms with Crippen molar-refractivity contribution in [3.63, 3.8) is 0 Å². The van der Waals surface area contributed by atoms with Crippen LogP contribution in [0.1, 0.15) is 23.7 Å². The molecule has 2 aromatic rings. The molecule has 1 heterocycles. The summed E-state index contributed by atoms with van der Waals surface area (Å²) in [6.07, 6.45) is 2.54. The highest BCUT2D eigenvalue weighted by atomic mass is 16.2. The Morgan fingerprint density at radius 1 is 1.33 bits per heavy atom. The summed E-state index contributed by atoms with van der Waals surface area (Å²) < 4.78 is 0. The molecule has 3 N–H and O–H groups in total. The first-order valence-electron chi connectivity index (χ1n) is 6.97. The zero-order valence-electron chi connectivity index (χ0n) is 12.3. The number of nitrogens with two attached hydrogens (primary N) is 1. The Morgan fingerprint density at radius 3 is 2.71 bits per heavy atom. The summed E-state index contributed by atoms with van der Waals surface area (Å²) >= 11 is 0. The van der Waals surface area contributed by atoms with E-state index < -0.39 is 0 Å². The van der Waals surface area contributed by atoms with Crippen LogP contribution < -0.4 is 16.0 Å². The number of pyridine rings is 1. The minimum absolute atomic E-state index is 0.0927. The van der Waals surface area contributed by atoms with Gasteiger partial charge in [-0.3, -0.25) is 9.69 Å². The molecule has 0 atom stereocenters. The second-order valence-electron chi connectivity index (χ2n) is 4.70. The molecule has 1 aromatic heterocycles. The lowest BCUT2D eigenvalue weighted by atomic mass is 10.1. The Hall–Kier alpha value is -2.56. The Balaban J connectivity index is 2.33. The number of hydrogen-bond donors (Lipinski definition) is 2. The Kier molecular flexibility index (Phi) is 4.77. The van der Waals surface area contributed by atoms with E-state index in [4.69, 9.17) is 5.73 Å². The largest absolute Gasteiger partial charge is 0.397 e. The average Bonchev–Trinajstić information content (AvgIpc) is 2.52. The number of nitrogen functional groups attached to an aromatic ring is 1. The fraction of sp³-hybridized carbons (Fsp3) is 0.250. The van der Waals surface area contributed by atoms with Crippen LogP contribution in [0.15, 0.2) is 42.6 Å². The lowest BCUT2D eigenvalue weighted by Crippen LogP contribution is -2.32.